The van der Waals surface area contributed by atoms with Crippen LogP contribution in [-0.2, 0) is 26.2 Å². The Balaban J connectivity index is 2.08. The predicted molar refractivity (Wildman–Crippen MR) is 162 cm³/mol. The highest BCUT2D eigenvalue weighted by molar-refractivity contribution is 7.92. The fraction of sp³-hybridized carbons (Fsp3) is 0.310. The van der Waals surface area contributed by atoms with Gasteiger partial charge in [0, 0.05) is 28.2 Å². The average Bonchev–Trinajstić information content (AvgIpc) is 2.91. The SMILES string of the molecule is CCCNC(=O)[C@@H](C)N(Cc1ccc(Cl)cc1Cl)C(=O)CN(c1cc(Cl)ccc1C)S(=O)(=O)c1ccc(C)cc1. The molecule has 214 valence electrons. The fourth-order valence-electron chi connectivity index (χ4n) is 4.01. The van der Waals surface area contributed by atoms with Crippen LogP contribution in [-0.4, -0.2) is 44.3 Å². The molecule has 7 nitrogen and oxygen atoms in total. The maximum atomic E-state index is 14.0. The molecular weight excluding hydrogens is 593 g/mol. The topological polar surface area (TPSA) is 86.8 Å². The van der Waals surface area contributed by atoms with Gasteiger partial charge in [-0.05, 0) is 74.7 Å². The monoisotopic (exact) mass is 623 g/mol. The van der Waals surface area contributed by atoms with Gasteiger partial charge in [-0.15, -0.1) is 0 Å². The minimum Gasteiger partial charge on any atom is -0.354 e. The van der Waals surface area contributed by atoms with Crippen LogP contribution < -0.4 is 9.62 Å². The highest BCUT2D eigenvalue weighted by atomic mass is 35.5. The normalized spacial score (nSPS) is 12.1. The van der Waals surface area contributed by atoms with Crippen molar-refractivity contribution in [1.82, 2.24) is 10.2 Å². The van der Waals surface area contributed by atoms with Gasteiger partial charge in [-0.1, -0.05) is 71.6 Å². The Morgan fingerprint density at radius 1 is 0.925 bits per heavy atom. The van der Waals surface area contributed by atoms with E-state index >= 15 is 0 Å². The van der Waals surface area contributed by atoms with E-state index in [4.69, 9.17) is 34.8 Å². The van der Waals surface area contributed by atoms with Crippen molar-refractivity contribution in [3.63, 3.8) is 0 Å². The molecule has 2 amide bonds. The Morgan fingerprint density at radius 3 is 2.17 bits per heavy atom. The van der Waals surface area contributed by atoms with Crippen molar-refractivity contribution < 1.29 is 18.0 Å². The summed E-state index contributed by atoms with van der Waals surface area (Å²) in [7, 11) is -4.20. The minimum absolute atomic E-state index is 0.0197. The first-order valence-corrected chi connectivity index (χ1v) is 15.3. The first kappa shape index (κ1) is 31.7. The fourth-order valence-corrected chi connectivity index (χ4v) is 6.12. The zero-order valence-corrected chi connectivity index (χ0v) is 25.8. The van der Waals surface area contributed by atoms with Gasteiger partial charge in [0.25, 0.3) is 10.0 Å². The number of carbonyl (C=O) groups excluding carboxylic acids is 2. The van der Waals surface area contributed by atoms with Crippen molar-refractivity contribution in [1.29, 1.82) is 0 Å². The summed E-state index contributed by atoms with van der Waals surface area (Å²) >= 11 is 18.7. The Kier molecular flexibility index (Phi) is 10.9. The molecule has 0 aromatic heterocycles. The van der Waals surface area contributed by atoms with E-state index in [0.29, 0.717) is 39.2 Å². The number of anilines is 1. The van der Waals surface area contributed by atoms with Gasteiger partial charge in [-0.3, -0.25) is 13.9 Å². The summed E-state index contributed by atoms with van der Waals surface area (Å²) in [6.45, 7) is 6.92. The molecule has 0 aliphatic carbocycles. The zero-order chi connectivity index (χ0) is 29.6. The number of nitrogens with one attached hydrogen (secondary N) is 1. The minimum atomic E-state index is -4.20. The van der Waals surface area contributed by atoms with E-state index in [1.807, 2.05) is 13.8 Å². The number of carbonyl (C=O) groups is 2. The molecule has 0 bridgehead atoms. The van der Waals surface area contributed by atoms with Gasteiger partial charge in [-0.2, -0.15) is 0 Å². The number of aryl methyl sites for hydroxylation is 2. The summed E-state index contributed by atoms with van der Waals surface area (Å²) in [6, 6.07) is 15.1. The van der Waals surface area contributed by atoms with Crippen LogP contribution in [0.3, 0.4) is 0 Å². The number of halogens is 3. The lowest BCUT2D eigenvalue weighted by molar-refractivity contribution is -0.139. The number of nitrogens with zero attached hydrogens (tertiary/aromatic N) is 2. The molecular formula is C29H32Cl3N3O4S. The molecule has 0 radical (unpaired) electrons. The second-order valence-corrected chi connectivity index (χ2v) is 12.6. The second-order valence-electron chi connectivity index (χ2n) is 9.48. The number of sulfonamides is 1. The number of benzene rings is 3. The molecule has 1 N–H and O–H groups in total. The van der Waals surface area contributed by atoms with E-state index in [1.54, 1.807) is 56.3 Å². The Labute approximate surface area is 251 Å². The molecule has 11 heteroatoms. The summed E-state index contributed by atoms with van der Waals surface area (Å²) < 4.78 is 29.0. The predicted octanol–water partition coefficient (Wildman–Crippen LogP) is 6.40. The quantitative estimate of drug-likeness (QED) is 0.267. The molecule has 0 saturated heterocycles. The number of rotatable bonds is 11. The van der Waals surface area contributed by atoms with Crippen LogP contribution in [0.2, 0.25) is 15.1 Å². The van der Waals surface area contributed by atoms with Crippen molar-refractivity contribution in [3.05, 3.63) is 92.4 Å². The molecule has 3 aromatic rings. The molecule has 0 heterocycles. The summed E-state index contributed by atoms with van der Waals surface area (Å²) in [4.78, 5) is 28.3. The Bertz CT molecular complexity index is 1480. The van der Waals surface area contributed by atoms with Gasteiger partial charge in [0.1, 0.15) is 12.6 Å². The average molecular weight is 625 g/mol. The molecule has 0 aliphatic heterocycles. The summed E-state index contributed by atoms with van der Waals surface area (Å²) in [5, 5.41) is 3.86. The van der Waals surface area contributed by atoms with Crippen LogP contribution in [0.5, 0.6) is 0 Å². The van der Waals surface area contributed by atoms with E-state index in [-0.39, 0.29) is 23.0 Å². The van der Waals surface area contributed by atoms with E-state index in [0.717, 1.165) is 9.87 Å². The van der Waals surface area contributed by atoms with E-state index in [9.17, 15) is 18.0 Å². The van der Waals surface area contributed by atoms with Gasteiger partial charge in [0.05, 0.1) is 10.6 Å². The van der Waals surface area contributed by atoms with Gasteiger partial charge >= 0.3 is 0 Å². The van der Waals surface area contributed by atoms with Gasteiger partial charge in [0.15, 0.2) is 0 Å². The second kappa shape index (κ2) is 13.7. The van der Waals surface area contributed by atoms with Gasteiger partial charge in [-0.25, -0.2) is 8.42 Å². The largest absolute Gasteiger partial charge is 0.354 e. The van der Waals surface area contributed by atoms with Gasteiger partial charge < -0.3 is 10.2 Å². The molecule has 1 atom stereocenters. The highest BCUT2D eigenvalue weighted by Gasteiger charge is 2.33. The molecule has 0 unspecified atom stereocenters. The van der Waals surface area contributed by atoms with Crippen LogP contribution in [0, 0.1) is 13.8 Å². The molecule has 40 heavy (non-hydrogen) atoms. The Hall–Kier alpha value is -2.78. The van der Waals surface area contributed by atoms with Crippen molar-refractivity contribution in [3.8, 4) is 0 Å². The number of hydrogen-bond donors (Lipinski definition) is 1. The standard InChI is InChI=1S/C29H32Cl3N3O4S/c1-5-14-33-29(37)21(4)34(17-22-9-11-23(30)15-26(22)32)28(36)18-35(27-16-24(31)10-8-20(27)3)40(38,39)25-12-6-19(2)7-13-25/h6-13,15-16,21H,5,14,17-18H2,1-4H3,(H,33,37)/t21-/m1/s1. The summed E-state index contributed by atoms with van der Waals surface area (Å²) in [5.74, 6) is -0.965. The Morgan fingerprint density at radius 2 is 1.55 bits per heavy atom. The smallest absolute Gasteiger partial charge is 0.264 e. The van der Waals surface area contributed by atoms with E-state index in [2.05, 4.69) is 5.32 Å². The third kappa shape index (κ3) is 7.69. The molecule has 0 spiro atoms. The lowest BCUT2D eigenvalue weighted by Crippen LogP contribution is -2.51. The van der Waals surface area contributed by atoms with Crippen LogP contribution in [0.4, 0.5) is 5.69 Å². The van der Waals surface area contributed by atoms with Crippen LogP contribution >= 0.6 is 34.8 Å². The van der Waals surface area contributed by atoms with Gasteiger partial charge in [0.2, 0.25) is 11.8 Å². The maximum Gasteiger partial charge on any atom is 0.264 e. The third-order valence-electron chi connectivity index (χ3n) is 6.40. The van der Waals surface area contributed by atoms with Crippen LogP contribution in [0.15, 0.2) is 65.6 Å². The van der Waals surface area contributed by atoms with E-state index in [1.165, 1.54) is 23.1 Å². The van der Waals surface area contributed by atoms with Crippen molar-refractivity contribution in [2.45, 2.75) is 51.6 Å². The zero-order valence-electron chi connectivity index (χ0n) is 22.7. The summed E-state index contributed by atoms with van der Waals surface area (Å²) in [6.07, 6.45) is 0.714. The van der Waals surface area contributed by atoms with Crippen molar-refractivity contribution in [2.75, 3.05) is 17.4 Å². The van der Waals surface area contributed by atoms with Crippen molar-refractivity contribution in [2.24, 2.45) is 0 Å². The molecule has 0 saturated carbocycles. The number of amides is 2. The summed E-state index contributed by atoms with van der Waals surface area (Å²) in [5.41, 5.74) is 2.31. The molecule has 3 aromatic carbocycles. The molecule has 3 rings (SSSR count). The highest BCUT2D eigenvalue weighted by Crippen LogP contribution is 2.30. The lowest BCUT2D eigenvalue weighted by atomic mass is 10.1. The first-order chi connectivity index (χ1) is 18.8. The third-order valence-corrected chi connectivity index (χ3v) is 9.00. The first-order valence-electron chi connectivity index (χ1n) is 12.7. The number of hydrogen-bond acceptors (Lipinski definition) is 4. The molecule has 0 fully saturated rings. The lowest BCUT2D eigenvalue weighted by Gasteiger charge is -2.32. The van der Waals surface area contributed by atoms with Crippen LogP contribution in [0.25, 0.3) is 0 Å². The maximum absolute atomic E-state index is 14.0. The van der Waals surface area contributed by atoms with Crippen LogP contribution in [0.1, 0.15) is 37.0 Å². The van der Waals surface area contributed by atoms with E-state index < -0.39 is 28.5 Å². The van der Waals surface area contributed by atoms with Crippen molar-refractivity contribution >= 4 is 62.3 Å². The molecule has 0 aliphatic rings.